The number of thiophene rings is 1. The molecule has 5 heteroatoms. The number of likely N-dealkylation sites (tertiary alicyclic amines) is 1. The van der Waals surface area contributed by atoms with Crippen molar-refractivity contribution in [2.45, 2.75) is 31.7 Å². The highest BCUT2D eigenvalue weighted by Crippen LogP contribution is 2.29. The summed E-state index contributed by atoms with van der Waals surface area (Å²) in [5.41, 5.74) is 1.10. The summed E-state index contributed by atoms with van der Waals surface area (Å²) in [6.07, 6.45) is 4.99. The van der Waals surface area contributed by atoms with Gasteiger partial charge >= 0.3 is 0 Å². The lowest BCUT2D eigenvalue weighted by molar-refractivity contribution is 0.0937. The zero-order valence-electron chi connectivity index (χ0n) is 13.7. The summed E-state index contributed by atoms with van der Waals surface area (Å²) < 4.78 is 0. The van der Waals surface area contributed by atoms with E-state index < -0.39 is 0 Å². The molecule has 1 aromatic carbocycles. The third-order valence-electron chi connectivity index (χ3n) is 4.55. The lowest BCUT2D eigenvalue weighted by Gasteiger charge is -2.31. The van der Waals surface area contributed by atoms with Crippen molar-refractivity contribution in [1.82, 2.24) is 10.2 Å². The predicted molar refractivity (Wildman–Crippen MR) is 101 cm³/mol. The van der Waals surface area contributed by atoms with Crippen LogP contribution in [0.2, 0.25) is 5.02 Å². The standard InChI is InChI=1S/C19H23ClN2OS/c20-16-9-4-3-8-15(16)17(22-11-5-1-2-6-12-22)14-21-19(23)18-10-7-13-24-18/h3-4,7-10,13,17H,1-2,5-6,11-12,14H2,(H,21,23)/t17-/m0/s1. The zero-order chi connectivity index (χ0) is 16.8. The largest absolute Gasteiger partial charge is 0.349 e. The molecule has 128 valence electrons. The molecule has 2 heterocycles. The average Bonchev–Trinajstić information content (AvgIpc) is 3.00. The molecule has 24 heavy (non-hydrogen) atoms. The summed E-state index contributed by atoms with van der Waals surface area (Å²) >= 11 is 7.93. The molecule has 1 aliphatic heterocycles. The van der Waals surface area contributed by atoms with Crippen molar-refractivity contribution in [3.8, 4) is 0 Å². The normalized spacial score (nSPS) is 17.2. The smallest absolute Gasteiger partial charge is 0.261 e. The number of amides is 1. The quantitative estimate of drug-likeness (QED) is 0.832. The first-order valence-electron chi connectivity index (χ1n) is 8.56. The average molecular weight is 363 g/mol. The molecule has 0 radical (unpaired) electrons. The topological polar surface area (TPSA) is 32.3 Å². The lowest BCUT2D eigenvalue weighted by atomic mass is 10.0. The van der Waals surface area contributed by atoms with Gasteiger partial charge in [-0.2, -0.15) is 0 Å². The summed E-state index contributed by atoms with van der Waals surface area (Å²) in [4.78, 5) is 15.6. The van der Waals surface area contributed by atoms with Crippen molar-refractivity contribution in [3.63, 3.8) is 0 Å². The van der Waals surface area contributed by atoms with Crippen LogP contribution < -0.4 is 5.32 Å². The SMILES string of the molecule is O=C(NC[C@@H](c1ccccc1Cl)N1CCCCCC1)c1cccs1. The van der Waals surface area contributed by atoms with Crippen LogP contribution >= 0.6 is 22.9 Å². The van der Waals surface area contributed by atoms with Gasteiger partial charge in [-0.15, -0.1) is 11.3 Å². The Labute approximate surface area is 152 Å². The summed E-state index contributed by atoms with van der Waals surface area (Å²) in [5, 5.41) is 5.80. The van der Waals surface area contributed by atoms with Crippen molar-refractivity contribution >= 4 is 28.8 Å². The Balaban J connectivity index is 1.76. The van der Waals surface area contributed by atoms with E-state index in [9.17, 15) is 4.79 Å². The van der Waals surface area contributed by atoms with E-state index in [4.69, 9.17) is 11.6 Å². The van der Waals surface area contributed by atoms with Crippen molar-refractivity contribution < 1.29 is 4.79 Å². The molecule has 0 saturated carbocycles. The fraction of sp³-hybridized carbons (Fsp3) is 0.421. The van der Waals surface area contributed by atoms with Gasteiger partial charge in [-0.25, -0.2) is 0 Å². The Morgan fingerprint density at radius 1 is 1.12 bits per heavy atom. The minimum atomic E-state index is -0.00289. The van der Waals surface area contributed by atoms with Crippen molar-refractivity contribution in [2.75, 3.05) is 19.6 Å². The molecule has 1 atom stereocenters. The predicted octanol–water partition coefficient (Wildman–Crippen LogP) is 4.75. The minimum absolute atomic E-state index is 0.00289. The number of benzene rings is 1. The van der Waals surface area contributed by atoms with Crippen molar-refractivity contribution in [2.24, 2.45) is 0 Å². The zero-order valence-corrected chi connectivity index (χ0v) is 15.3. The van der Waals surface area contributed by atoms with E-state index in [0.29, 0.717) is 6.54 Å². The van der Waals surface area contributed by atoms with Gasteiger partial charge in [0.2, 0.25) is 0 Å². The number of halogens is 1. The van der Waals surface area contributed by atoms with Gasteiger partial charge in [-0.1, -0.05) is 48.7 Å². The monoisotopic (exact) mass is 362 g/mol. The van der Waals surface area contributed by atoms with E-state index in [1.54, 1.807) is 0 Å². The lowest BCUT2D eigenvalue weighted by Crippen LogP contribution is -2.38. The highest BCUT2D eigenvalue weighted by atomic mass is 35.5. The Bertz CT molecular complexity index is 651. The first-order valence-corrected chi connectivity index (χ1v) is 9.81. The molecule has 1 N–H and O–H groups in total. The van der Waals surface area contributed by atoms with Crippen molar-refractivity contribution in [1.29, 1.82) is 0 Å². The molecule has 0 aliphatic carbocycles. The van der Waals surface area contributed by atoms with Crippen LogP contribution in [-0.2, 0) is 0 Å². The van der Waals surface area contributed by atoms with Gasteiger partial charge in [-0.3, -0.25) is 9.69 Å². The Morgan fingerprint density at radius 3 is 2.54 bits per heavy atom. The highest BCUT2D eigenvalue weighted by molar-refractivity contribution is 7.12. The highest BCUT2D eigenvalue weighted by Gasteiger charge is 2.24. The third kappa shape index (κ3) is 4.38. The second-order valence-corrected chi connectivity index (χ2v) is 7.53. The summed E-state index contributed by atoms with van der Waals surface area (Å²) in [6, 6.07) is 11.9. The van der Waals surface area contributed by atoms with Crippen LogP contribution in [0.4, 0.5) is 0 Å². The fourth-order valence-corrected chi connectivity index (χ4v) is 4.17. The summed E-state index contributed by atoms with van der Waals surface area (Å²) in [7, 11) is 0. The summed E-state index contributed by atoms with van der Waals surface area (Å²) in [6.45, 7) is 2.70. The van der Waals surface area contributed by atoms with Crippen LogP contribution in [0.1, 0.15) is 47.0 Å². The maximum absolute atomic E-state index is 12.3. The van der Waals surface area contributed by atoms with Crippen LogP contribution in [0.15, 0.2) is 41.8 Å². The molecule has 3 rings (SSSR count). The molecule has 2 aromatic rings. The van der Waals surface area contributed by atoms with Crippen molar-refractivity contribution in [3.05, 3.63) is 57.2 Å². The molecular formula is C19H23ClN2OS. The first kappa shape index (κ1) is 17.5. The van der Waals surface area contributed by atoms with Crippen LogP contribution in [0.3, 0.4) is 0 Å². The fourth-order valence-electron chi connectivity index (χ4n) is 3.27. The van der Waals surface area contributed by atoms with Gasteiger partial charge in [0.1, 0.15) is 0 Å². The van der Waals surface area contributed by atoms with E-state index in [1.807, 2.05) is 35.7 Å². The van der Waals surface area contributed by atoms with Crippen LogP contribution in [0.5, 0.6) is 0 Å². The van der Waals surface area contributed by atoms with Gasteiger partial charge in [0.25, 0.3) is 5.91 Å². The molecule has 3 nitrogen and oxygen atoms in total. The number of rotatable bonds is 5. The molecule has 0 bridgehead atoms. The Morgan fingerprint density at radius 2 is 1.88 bits per heavy atom. The van der Waals surface area contributed by atoms with Crippen LogP contribution in [0, 0.1) is 0 Å². The molecule has 0 spiro atoms. The number of nitrogens with one attached hydrogen (secondary N) is 1. The van der Waals surface area contributed by atoms with Gasteiger partial charge in [-0.05, 0) is 49.0 Å². The molecule has 1 fully saturated rings. The number of hydrogen-bond donors (Lipinski definition) is 1. The Hall–Kier alpha value is -1.36. The maximum atomic E-state index is 12.3. The summed E-state index contributed by atoms with van der Waals surface area (Å²) in [5.74, 6) is -0.00289. The first-order chi connectivity index (χ1) is 11.8. The van der Waals surface area contributed by atoms with E-state index in [1.165, 1.54) is 37.0 Å². The van der Waals surface area contributed by atoms with Gasteiger partial charge < -0.3 is 5.32 Å². The number of carbonyl (C=O) groups excluding carboxylic acids is 1. The molecule has 1 amide bonds. The Kier molecular flexibility index (Phi) is 6.30. The van der Waals surface area contributed by atoms with Gasteiger partial charge in [0.05, 0.1) is 10.9 Å². The van der Waals surface area contributed by atoms with Crippen LogP contribution in [0.25, 0.3) is 0 Å². The molecule has 0 unspecified atom stereocenters. The molecule has 1 aliphatic rings. The van der Waals surface area contributed by atoms with Gasteiger partial charge in [0.15, 0.2) is 0 Å². The molecule has 1 aromatic heterocycles. The number of nitrogens with zero attached hydrogens (tertiary/aromatic N) is 1. The van der Waals surface area contributed by atoms with E-state index >= 15 is 0 Å². The van der Waals surface area contributed by atoms with Crippen LogP contribution in [-0.4, -0.2) is 30.4 Å². The maximum Gasteiger partial charge on any atom is 0.261 e. The second-order valence-electron chi connectivity index (χ2n) is 6.17. The second kappa shape index (κ2) is 8.65. The number of hydrogen-bond acceptors (Lipinski definition) is 3. The molecular weight excluding hydrogens is 340 g/mol. The number of carbonyl (C=O) groups is 1. The van der Waals surface area contributed by atoms with E-state index in [2.05, 4.69) is 16.3 Å². The van der Waals surface area contributed by atoms with Gasteiger partial charge in [0, 0.05) is 11.6 Å². The molecule has 1 saturated heterocycles. The van der Waals surface area contributed by atoms with E-state index in [0.717, 1.165) is 28.6 Å². The third-order valence-corrected chi connectivity index (χ3v) is 5.76. The van der Waals surface area contributed by atoms with E-state index in [-0.39, 0.29) is 11.9 Å². The minimum Gasteiger partial charge on any atom is -0.349 e.